The molecule has 6 nitrogen and oxygen atoms in total. The van der Waals surface area contributed by atoms with E-state index in [1.165, 1.54) is 0 Å². The smallest absolute Gasteiger partial charge is 0.326 e. The first kappa shape index (κ1) is 19.5. The number of amides is 2. The molecule has 23 heavy (non-hydrogen) atoms. The molecule has 132 valence electrons. The molecule has 2 amide bonds. The van der Waals surface area contributed by atoms with Crippen molar-refractivity contribution in [2.45, 2.75) is 71.9 Å². The van der Waals surface area contributed by atoms with Crippen LogP contribution in [0.4, 0.5) is 0 Å². The Labute approximate surface area is 138 Å². The summed E-state index contributed by atoms with van der Waals surface area (Å²) in [4.78, 5) is 36.3. The second-order valence-corrected chi connectivity index (χ2v) is 7.81. The lowest BCUT2D eigenvalue weighted by molar-refractivity contribution is -0.145. The summed E-state index contributed by atoms with van der Waals surface area (Å²) in [6.07, 6.45) is 3.09. The van der Waals surface area contributed by atoms with Gasteiger partial charge in [0.15, 0.2) is 0 Å². The van der Waals surface area contributed by atoms with E-state index in [9.17, 15) is 19.5 Å². The van der Waals surface area contributed by atoms with Gasteiger partial charge in [0.25, 0.3) is 0 Å². The zero-order chi connectivity index (χ0) is 17.8. The van der Waals surface area contributed by atoms with Crippen LogP contribution in [0.2, 0.25) is 0 Å². The van der Waals surface area contributed by atoms with E-state index in [0.29, 0.717) is 12.8 Å². The van der Waals surface area contributed by atoms with Gasteiger partial charge in [-0.1, -0.05) is 26.7 Å². The highest BCUT2D eigenvalue weighted by Crippen LogP contribution is 2.31. The Bertz CT molecular complexity index is 454. The predicted octanol–water partition coefficient (Wildman–Crippen LogP) is 1.93. The van der Waals surface area contributed by atoms with Crippen molar-refractivity contribution in [3.8, 4) is 0 Å². The van der Waals surface area contributed by atoms with E-state index in [-0.39, 0.29) is 29.2 Å². The Hall–Kier alpha value is -1.59. The third-order valence-corrected chi connectivity index (χ3v) is 4.17. The number of aliphatic carboxylic acids is 1. The molecule has 0 aliphatic heterocycles. The summed E-state index contributed by atoms with van der Waals surface area (Å²) in [7, 11) is 0. The van der Waals surface area contributed by atoms with Crippen molar-refractivity contribution in [3.05, 3.63) is 0 Å². The van der Waals surface area contributed by atoms with Crippen molar-refractivity contribution in [3.63, 3.8) is 0 Å². The first-order valence-electron chi connectivity index (χ1n) is 8.38. The number of nitrogens with one attached hydrogen (secondary N) is 2. The zero-order valence-corrected chi connectivity index (χ0v) is 14.8. The van der Waals surface area contributed by atoms with Gasteiger partial charge in [-0.25, -0.2) is 4.79 Å². The van der Waals surface area contributed by atoms with Crippen LogP contribution in [0.1, 0.15) is 60.3 Å². The van der Waals surface area contributed by atoms with Gasteiger partial charge in [0.05, 0.1) is 0 Å². The summed E-state index contributed by atoms with van der Waals surface area (Å²) in [5.41, 5.74) is -0.350. The van der Waals surface area contributed by atoms with Gasteiger partial charge in [-0.2, -0.15) is 0 Å². The lowest BCUT2D eigenvalue weighted by Crippen LogP contribution is -2.52. The number of rotatable bonds is 5. The normalized spacial score (nSPS) is 23.2. The van der Waals surface area contributed by atoms with Crippen LogP contribution in [0, 0.1) is 17.8 Å². The minimum atomic E-state index is -1.04. The molecule has 0 aromatic rings. The maximum Gasteiger partial charge on any atom is 0.326 e. The molecule has 3 atom stereocenters. The lowest BCUT2D eigenvalue weighted by Gasteiger charge is -2.33. The maximum absolute atomic E-state index is 12.5. The van der Waals surface area contributed by atoms with Gasteiger partial charge in [0.1, 0.15) is 6.04 Å². The second kappa shape index (κ2) is 7.79. The van der Waals surface area contributed by atoms with E-state index >= 15 is 0 Å². The fourth-order valence-corrected chi connectivity index (χ4v) is 2.99. The first-order valence-corrected chi connectivity index (χ1v) is 8.38. The molecule has 3 unspecified atom stereocenters. The molecule has 0 saturated heterocycles. The molecule has 0 radical (unpaired) electrons. The van der Waals surface area contributed by atoms with E-state index < -0.39 is 17.9 Å². The molecule has 0 aromatic heterocycles. The van der Waals surface area contributed by atoms with Crippen molar-refractivity contribution in [2.75, 3.05) is 0 Å². The quantitative estimate of drug-likeness (QED) is 0.719. The first-order chi connectivity index (χ1) is 10.5. The zero-order valence-electron chi connectivity index (χ0n) is 14.8. The monoisotopic (exact) mass is 326 g/mol. The van der Waals surface area contributed by atoms with Crippen LogP contribution in [0.15, 0.2) is 0 Å². The van der Waals surface area contributed by atoms with E-state index in [0.717, 1.165) is 12.8 Å². The van der Waals surface area contributed by atoms with Gasteiger partial charge < -0.3 is 15.7 Å². The summed E-state index contributed by atoms with van der Waals surface area (Å²) >= 11 is 0. The lowest BCUT2D eigenvalue weighted by atomic mass is 9.77. The largest absolute Gasteiger partial charge is 0.480 e. The summed E-state index contributed by atoms with van der Waals surface area (Å²) in [5, 5.41) is 14.8. The van der Waals surface area contributed by atoms with E-state index in [1.54, 1.807) is 13.8 Å². The molecule has 1 rings (SSSR count). The molecule has 0 heterocycles. The highest BCUT2D eigenvalue weighted by Gasteiger charge is 2.38. The third kappa shape index (κ3) is 5.84. The number of hydrogen-bond acceptors (Lipinski definition) is 3. The van der Waals surface area contributed by atoms with Gasteiger partial charge in [-0.3, -0.25) is 9.59 Å². The highest BCUT2D eigenvalue weighted by molar-refractivity contribution is 5.90. The number of hydrogen-bond donors (Lipinski definition) is 3. The summed E-state index contributed by atoms with van der Waals surface area (Å²) in [5.74, 6) is -2.52. The van der Waals surface area contributed by atoms with Crippen LogP contribution in [-0.2, 0) is 14.4 Å². The van der Waals surface area contributed by atoms with Gasteiger partial charge in [0.2, 0.25) is 11.8 Å². The molecule has 0 spiro atoms. The van der Waals surface area contributed by atoms with Crippen molar-refractivity contribution < 1.29 is 19.5 Å². The Morgan fingerprint density at radius 1 is 1.00 bits per heavy atom. The average Bonchev–Trinajstić information content (AvgIpc) is 2.41. The Morgan fingerprint density at radius 3 is 1.87 bits per heavy atom. The van der Waals surface area contributed by atoms with Crippen LogP contribution < -0.4 is 10.6 Å². The number of carboxylic acid groups (broad SMARTS) is 1. The fraction of sp³-hybridized carbons (Fsp3) is 0.824. The molecule has 0 aromatic carbocycles. The minimum absolute atomic E-state index is 0.117. The number of carboxylic acids is 1. The average molecular weight is 326 g/mol. The van der Waals surface area contributed by atoms with Crippen LogP contribution in [-0.4, -0.2) is 34.5 Å². The third-order valence-electron chi connectivity index (χ3n) is 4.17. The fourth-order valence-electron chi connectivity index (χ4n) is 2.99. The van der Waals surface area contributed by atoms with Crippen molar-refractivity contribution in [2.24, 2.45) is 17.8 Å². The molecule has 1 saturated carbocycles. The van der Waals surface area contributed by atoms with Crippen molar-refractivity contribution in [1.29, 1.82) is 0 Å². The maximum atomic E-state index is 12.5. The highest BCUT2D eigenvalue weighted by atomic mass is 16.4. The van der Waals surface area contributed by atoms with E-state index in [4.69, 9.17) is 0 Å². The molecule has 1 aliphatic rings. The second-order valence-electron chi connectivity index (χ2n) is 7.81. The van der Waals surface area contributed by atoms with Gasteiger partial charge in [-0.05, 0) is 39.5 Å². The van der Waals surface area contributed by atoms with Crippen molar-refractivity contribution in [1.82, 2.24) is 10.6 Å². The summed E-state index contributed by atoms with van der Waals surface area (Å²) in [6.45, 7) is 9.22. The topological polar surface area (TPSA) is 95.5 Å². The Balaban J connectivity index is 2.82. The van der Waals surface area contributed by atoms with Crippen LogP contribution in [0.25, 0.3) is 0 Å². The van der Waals surface area contributed by atoms with Gasteiger partial charge in [0, 0.05) is 17.4 Å². The molecular weight excluding hydrogens is 296 g/mol. The molecule has 3 N–H and O–H groups in total. The van der Waals surface area contributed by atoms with E-state index in [2.05, 4.69) is 10.6 Å². The Kier molecular flexibility index (Phi) is 6.59. The predicted molar refractivity (Wildman–Crippen MR) is 87.7 cm³/mol. The van der Waals surface area contributed by atoms with Crippen LogP contribution in [0.5, 0.6) is 0 Å². The van der Waals surface area contributed by atoms with Gasteiger partial charge >= 0.3 is 5.97 Å². The molecular formula is C17H30N2O4. The summed E-state index contributed by atoms with van der Waals surface area (Å²) in [6, 6.07) is -0.921. The Morgan fingerprint density at radius 2 is 1.48 bits per heavy atom. The number of carbonyl (C=O) groups is 3. The molecule has 1 aliphatic carbocycles. The molecule has 6 heteroatoms. The number of carbonyl (C=O) groups excluding carboxylic acids is 2. The standard InChI is InChI=1S/C17H30N2O4/c1-10(2)13(16(22)23)18-14(20)11-8-6-7-9-12(11)15(21)19-17(3,4)5/h10-13H,6-9H2,1-5H3,(H,18,20)(H,19,21)(H,22,23). The van der Waals surface area contributed by atoms with E-state index in [1.807, 2.05) is 20.8 Å². The van der Waals surface area contributed by atoms with Crippen LogP contribution in [0.3, 0.4) is 0 Å². The molecule has 1 fully saturated rings. The summed E-state index contributed by atoms with van der Waals surface area (Å²) < 4.78 is 0. The van der Waals surface area contributed by atoms with Gasteiger partial charge in [-0.15, -0.1) is 0 Å². The van der Waals surface area contributed by atoms with Crippen molar-refractivity contribution >= 4 is 17.8 Å². The minimum Gasteiger partial charge on any atom is -0.480 e. The molecule has 0 bridgehead atoms. The van der Waals surface area contributed by atoms with Crippen LogP contribution >= 0.6 is 0 Å². The SMILES string of the molecule is CC(C)C(NC(=O)C1CCCCC1C(=O)NC(C)(C)C)C(=O)O.